The zero-order valence-electron chi connectivity index (χ0n) is 10.7. The summed E-state index contributed by atoms with van der Waals surface area (Å²) in [6, 6.07) is 6.07. The molecule has 8 heteroatoms. The van der Waals surface area contributed by atoms with Crippen molar-refractivity contribution in [3.8, 4) is 0 Å². The van der Waals surface area contributed by atoms with Crippen LogP contribution in [0.25, 0.3) is 0 Å². The number of halogens is 2. The molecule has 5 nitrogen and oxygen atoms in total. The smallest absolute Gasteiger partial charge is 0.238 e. The lowest BCUT2D eigenvalue weighted by Gasteiger charge is -2.13. The highest BCUT2D eigenvalue weighted by atomic mass is 35.5. The van der Waals surface area contributed by atoms with Crippen molar-refractivity contribution in [3.63, 3.8) is 0 Å². The molecule has 0 spiro atoms. The molecule has 1 atom stereocenters. The van der Waals surface area contributed by atoms with Crippen molar-refractivity contribution in [3.05, 3.63) is 29.8 Å². The second kappa shape index (κ2) is 4.87. The van der Waals surface area contributed by atoms with E-state index in [0.29, 0.717) is 12.0 Å². The predicted molar refractivity (Wildman–Crippen MR) is 76.8 cm³/mol. The molecule has 20 heavy (non-hydrogen) atoms. The Balaban J connectivity index is 2.04. The molecule has 1 amide bonds. The lowest BCUT2D eigenvalue weighted by atomic mass is 10.1. The van der Waals surface area contributed by atoms with Crippen LogP contribution >= 0.6 is 23.2 Å². The van der Waals surface area contributed by atoms with Gasteiger partial charge in [-0.3, -0.25) is 4.79 Å². The normalized spacial score (nSPS) is 24.2. The summed E-state index contributed by atoms with van der Waals surface area (Å²) in [5, 5.41) is 7.74. The van der Waals surface area contributed by atoms with Crippen LogP contribution in [0.5, 0.6) is 0 Å². The van der Waals surface area contributed by atoms with E-state index in [0.717, 1.165) is 0 Å². The Morgan fingerprint density at radius 2 is 2.05 bits per heavy atom. The fourth-order valence-electron chi connectivity index (χ4n) is 1.86. The van der Waals surface area contributed by atoms with Gasteiger partial charge in [-0.25, -0.2) is 13.6 Å². The van der Waals surface area contributed by atoms with Gasteiger partial charge in [-0.05, 0) is 31.0 Å². The van der Waals surface area contributed by atoms with Crippen molar-refractivity contribution in [1.82, 2.24) is 5.32 Å². The molecule has 1 saturated carbocycles. The van der Waals surface area contributed by atoms with Gasteiger partial charge < -0.3 is 5.32 Å². The highest BCUT2D eigenvalue weighted by Crippen LogP contribution is 2.63. The quantitative estimate of drug-likeness (QED) is 0.817. The van der Waals surface area contributed by atoms with Crippen LogP contribution in [0.4, 0.5) is 0 Å². The van der Waals surface area contributed by atoms with Gasteiger partial charge in [-0.15, -0.1) is 23.2 Å². The van der Waals surface area contributed by atoms with Gasteiger partial charge in [0, 0.05) is 6.54 Å². The maximum absolute atomic E-state index is 12.0. The topological polar surface area (TPSA) is 89.3 Å². The average molecular weight is 337 g/mol. The van der Waals surface area contributed by atoms with Crippen molar-refractivity contribution in [2.24, 2.45) is 10.6 Å². The number of benzene rings is 1. The minimum Gasteiger partial charge on any atom is -0.351 e. The summed E-state index contributed by atoms with van der Waals surface area (Å²) in [4.78, 5) is 12.0. The third-order valence-electron chi connectivity index (χ3n) is 3.44. The van der Waals surface area contributed by atoms with E-state index >= 15 is 0 Å². The first-order chi connectivity index (χ1) is 9.06. The van der Waals surface area contributed by atoms with E-state index in [2.05, 4.69) is 5.32 Å². The third kappa shape index (κ3) is 2.93. The number of carbonyl (C=O) groups is 1. The fourth-order valence-corrected chi connectivity index (χ4v) is 3.15. The SMILES string of the molecule is CC1(C(=O)NCc2cccc(S(N)(=O)=O)c2)CC1(Cl)Cl. The van der Waals surface area contributed by atoms with Crippen LogP contribution in [0.3, 0.4) is 0 Å². The van der Waals surface area contributed by atoms with E-state index in [1.54, 1.807) is 19.1 Å². The molecule has 1 fully saturated rings. The van der Waals surface area contributed by atoms with Crippen molar-refractivity contribution in [2.75, 3.05) is 0 Å². The lowest BCUT2D eigenvalue weighted by molar-refractivity contribution is -0.125. The molecule has 0 saturated heterocycles. The largest absolute Gasteiger partial charge is 0.351 e. The number of alkyl halides is 2. The van der Waals surface area contributed by atoms with Crippen molar-refractivity contribution in [1.29, 1.82) is 0 Å². The maximum Gasteiger partial charge on any atom is 0.238 e. The first kappa shape index (κ1) is 15.6. The second-order valence-electron chi connectivity index (χ2n) is 5.09. The van der Waals surface area contributed by atoms with E-state index < -0.39 is 19.8 Å². The Hall–Kier alpha value is -0.820. The second-order valence-corrected chi connectivity index (χ2v) is 8.13. The Kier molecular flexibility index (Phi) is 3.79. The zero-order chi connectivity index (χ0) is 15.2. The van der Waals surface area contributed by atoms with E-state index in [1.807, 2.05) is 0 Å². The van der Waals surface area contributed by atoms with Crippen LogP contribution in [0.2, 0.25) is 0 Å². The Morgan fingerprint density at radius 1 is 1.45 bits per heavy atom. The molecule has 1 aliphatic rings. The van der Waals surface area contributed by atoms with Gasteiger partial charge in [0.05, 0.1) is 10.3 Å². The predicted octanol–water partition coefficient (Wildman–Crippen LogP) is 1.53. The van der Waals surface area contributed by atoms with Gasteiger partial charge in [-0.2, -0.15) is 0 Å². The van der Waals surface area contributed by atoms with Crippen LogP contribution in [0.15, 0.2) is 29.2 Å². The fraction of sp³-hybridized carbons (Fsp3) is 0.417. The molecule has 0 heterocycles. The van der Waals surface area contributed by atoms with Crippen LogP contribution in [0, 0.1) is 5.41 Å². The number of rotatable bonds is 4. The molecule has 1 aliphatic carbocycles. The van der Waals surface area contributed by atoms with Crippen molar-refractivity contribution >= 4 is 39.1 Å². The Morgan fingerprint density at radius 3 is 2.55 bits per heavy atom. The van der Waals surface area contributed by atoms with Gasteiger partial charge in [0.25, 0.3) is 0 Å². The molecule has 0 aliphatic heterocycles. The van der Waals surface area contributed by atoms with Crippen LogP contribution in [-0.2, 0) is 21.4 Å². The molecular weight excluding hydrogens is 323 g/mol. The monoisotopic (exact) mass is 336 g/mol. The number of primary sulfonamides is 1. The van der Waals surface area contributed by atoms with Gasteiger partial charge in [-0.1, -0.05) is 12.1 Å². The molecular formula is C12H14Cl2N2O3S. The summed E-state index contributed by atoms with van der Waals surface area (Å²) in [5.74, 6) is -0.261. The number of hydrogen-bond acceptors (Lipinski definition) is 3. The Bertz CT molecular complexity index is 660. The van der Waals surface area contributed by atoms with Gasteiger partial charge >= 0.3 is 0 Å². The molecule has 1 unspecified atom stereocenters. The first-order valence-electron chi connectivity index (χ1n) is 5.84. The van der Waals surface area contributed by atoms with E-state index in [9.17, 15) is 13.2 Å². The third-order valence-corrected chi connectivity index (χ3v) is 5.45. The molecule has 0 radical (unpaired) electrons. The van der Waals surface area contributed by atoms with Crippen LogP contribution < -0.4 is 10.5 Å². The molecule has 2 rings (SSSR count). The minimum atomic E-state index is -3.75. The molecule has 110 valence electrons. The number of nitrogens with two attached hydrogens (primary N) is 1. The number of hydrogen-bond donors (Lipinski definition) is 2. The van der Waals surface area contributed by atoms with E-state index in [1.165, 1.54) is 12.1 Å². The summed E-state index contributed by atoms with van der Waals surface area (Å²) in [6.07, 6.45) is 0.395. The summed E-state index contributed by atoms with van der Waals surface area (Å²) < 4.78 is 21.4. The van der Waals surface area contributed by atoms with Gasteiger partial charge in [0.15, 0.2) is 0 Å². The highest BCUT2D eigenvalue weighted by Gasteiger charge is 2.67. The number of nitrogens with one attached hydrogen (secondary N) is 1. The van der Waals surface area contributed by atoms with Crippen molar-refractivity contribution in [2.45, 2.75) is 29.1 Å². The van der Waals surface area contributed by atoms with E-state index in [4.69, 9.17) is 28.3 Å². The van der Waals surface area contributed by atoms with Crippen LogP contribution in [0.1, 0.15) is 18.9 Å². The lowest BCUT2D eigenvalue weighted by Crippen LogP contribution is -2.32. The summed E-state index contributed by atoms with van der Waals surface area (Å²) in [6.45, 7) is 1.87. The standard InChI is InChI=1S/C12H14Cl2N2O3S/c1-11(7-12(11,13)14)10(17)16-6-8-3-2-4-9(5-8)20(15,18)19/h2-5H,6-7H2,1H3,(H,16,17)(H2,15,18,19). The van der Waals surface area contributed by atoms with Crippen molar-refractivity contribution < 1.29 is 13.2 Å². The maximum atomic E-state index is 12.0. The summed E-state index contributed by atoms with van der Waals surface area (Å²) >= 11 is 11.8. The molecule has 0 aromatic heterocycles. The average Bonchev–Trinajstić information content (AvgIpc) is 2.86. The number of carbonyl (C=O) groups excluding carboxylic acids is 1. The van der Waals surface area contributed by atoms with E-state index in [-0.39, 0.29) is 17.3 Å². The number of amides is 1. The molecule has 1 aromatic carbocycles. The Labute approximate surface area is 127 Å². The zero-order valence-corrected chi connectivity index (χ0v) is 13.0. The summed E-state index contributed by atoms with van der Waals surface area (Å²) in [7, 11) is -3.75. The number of sulfonamides is 1. The summed E-state index contributed by atoms with van der Waals surface area (Å²) in [5.41, 5.74) is -0.169. The first-order valence-corrected chi connectivity index (χ1v) is 8.14. The highest BCUT2D eigenvalue weighted by molar-refractivity contribution is 7.89. The molecule has 1 aromatic rings. The van der Waals surface area contributed by atoms with Crippen LogP contribution in [-0.4, -0.2) is 18.7 Å². The van der Waals surface area contributed by atoms with Gasteiger partial charge in [0.1, 0.15) is 4.33 Å². The minimum absolute atomic E-state index is 0.00548. The molecule has 0 bridgehead atoms. The molecule has 3 N–H and O–H groups in total. The van der Waals surface area contributed by atoms with Gasteiger partial charge in [0.2, 0.25) is 15.9 Å².